The van der Waals surface area contributed by atoms with Crippen LogP contribution in [0.2, 0.25) is 5.02 Å². The summed E-state index contributed by atoms with van der Waals surface area (Å²) in [5.41, 5.74) is 4.17. The number of halogens is 1. The summed E-state index contributed by atoms with van der Waals surface area (Å²) < 4.78 is 11.1. The zero-order valence-corrected chi connectivity index (χ0v) is 16.7. The smallest absolute Gasteiger partial charge is 0.280 e. The standard InChI is InChI=1S/C22H21ClN2O3/c1-14-12-17(23)9-11-20(14)28-15(2)22(26)25-24-13-19-18-7-5-4-6-16(18)8-10-21(19)27-3/h4-13,15H,1-3H3,(H,25,26)/b24-13+/t15-/m0/s1. The molecule has 3 aromatic rings. The molecule has 1 atom stereocenters. The van der Waals surface area contributed by atoms with Crippen LogP contribution < -0.4 is 14.9 Å². The van der Waals surface area contributed by atoms with Crippen LogP contribution in [0.15, 0.2) is 59.7 Å². The molecule has 1 N–H and O–H groups in total. The number of ether oxygens (including phenoxy) is 2. The van der Waals surface area contributed by atoms with Crippen LogP contribution in [0, 0.1) is 6.92 Å². The summed E-state index contributed by atoms with van der Waals surface area (Å²) in [7, 11) is 1.60. The number of rotatable bonds is 6. The number of fused-ring (bicyclic) bond motifs is 1. The van der Waals surface area contributed by atoms with E-state index >= 15 is 0 Å². The summed E-state index contributed by atoms with van der Waals surface area (Å²) in [6.45, 7) is 3.54. The molecule has 6 heteroatoms. The van der Waals surface area contributed by atoms with E-state index in [0.29, 0.717) is 16.5 Å². The number of carbonyl (C=O) groups excluding carboxylic acids is 1. The molecule has 0 saturated heterocycles. The topological polar surface area (TPSA) is 59.9 Å². The van der Waals surface area contributed by atoms with Crippen molar-refractivity contribution < 1.29 is 14.3 Å². The van der Waals surface area contributed by atoms with Crippen molar-refractivity contribution in [1.29, 1.82) is 0 Å². The van der Waals surface area contributed by atoms with Crippen molar-refractivity contribution in [2.45, 2.75) is 20.0 Å². The fourth-order valence-corrected chi connectivity index (χ4v) is 3.05. The first kappa shape index (κ1) is 19.7. The van der Waals surface area contributed by atoms with Crippen molar-refractivity contribution in [2.24, 2.45) is 5.10 Å². The summed E-state index contributed by atoms with van der Waals surface area (Å²) in [4.78, 5) is 12.3. The van der Waals surface area contributed by atoms with Gasteiger partial charge >= 0.3 is 0 Å². The Bertz CT molecular complexity index is 1030. The van der Waals surface area contributed by atoms with Crippen LogP contribution in [0.4, 0.5) is 0 Å². The average Bonchev–Trinajstić information content (AvgIpc) is 2.69. The van der Waals surface area contributed by atoms with Gasteiger partial charge in [0.1, 0.15) is 11.5 Å². The van der Waals surface area contributed by atoms with Crippen LogP contribution in [0.5, 0.6) is 11.5 Å². The van der Waals surface area contributed by atoms with E-state index < -0.39 is 6.10 Å². The molecule has 3 rings (SSSR count). The van der Waals surface area contributed by atoms with E-state index in [-0.39, 0.29) is 5.91 Å². The average molecular weight is 397 g/mol. The molecule has 0 unspecified atom stereocenters. The highest BCUT2D eigenvalue weighted by Gasteiger charge is 2.15. The molecule has 0 aliphatic heterocycles. The molecule has 0 radical (unpaired) electrons. The largest absolute Gasteiger partial charge is 0.496 e. The van der Waals surface area contributed by atoms with E-state index in [0.717, 1.165) is 21.9 Å². The molecule has 0 saturated carbocycles. The number of hydrogen-bond donors (Lipinski definition) is 1. The van der Waals surface area contributed by atoms with E-state index in [1.54, 1.807) is 38.4 Å². The molecule has 3 aromatic carbocycles. The molecule has 1 amide bonds. The fraction of sp³-hybridized carbons (Fsp3) is 0.182. The van der Waals surface area contributed by atoms with E-state index in [2.05, 4.69) is 10.5 Å². The first-order chi connectivity index (χ1) is 13.5. The second kappa shape index (κ2) is 8.76. The predicted molar refractivity (Wildman–Crippen MR) is 113 cm³/mol. The summed E-state index contributed by atoms with van der Waals surface area (Å²) in [6, 6.07) is 17.0. The van der Waals surface area contributed by atoms with Gasteiger partial charge in [-0.3, -0.25) is 4.79 Å². The second-order valence-corrected chi connectivity index (χ2v) is 6.74. The maximum absolute atomic E-state index is 12.3. The number of carbonyl (C=O) groups is 1. The van der Waals surface area contributed by atoms with Gasteiger partial charge in [-0.1, -0.05) is 41.9 Å². The third-order valence-corrected chi connectivity index (χ3v) is 4.56. The quantitative estimate of drug-likeness (QED) is 0.484. The molecular formula is C22H21ClN2O3. The third kappa shape index (κ3) is 4.43. The van der Waals surface area contributed by atoms with Gasteiger partial charge in [0.05, 0.1) is 13.3 Å². The van der Waals surface area contributed by atoms with Crippen LogP contribution in [0.1, 0.15) is 18.1 Å². The molecule has 144 valence electrons. The van der Waals surface area contributed by atoms with Gasteiger partial charge in [-0.2, -0.15) is 5.10 Å². The summed E-state index contributed by atoms with van der Waals surface area (Å²) in [5, 5.41) is 6.76. The lowest BCUT2D eigenvalue weighted by atomic mass is 10.0. The zero-order valence-electron chi connectivity index (χ0n) is 15.9. The van der Waals surface area contributed by atoms with Crippen molar-refractivity contribution >= 4 is 34.5 Å². The molecule has 0 spiro atoms. The number of nitrogens with zero attached hydrogens (tertiary/aromatic N) is 1. The van der Waals surface area contributed by atoms with Gasteiger partial charge in [0.25, 0.3) is 5.91 Å². The van der Waals surface area contributed by atoms with Gasteiger partial charge in [-0.25, -0.2) is 5.43 Å². The molecule has 5 nitrogen and oxygen atoms in total. The molecule has 0 heterocycles. The first-order valence-corrected chi connectivity index (χ1v) is 9.19. The molecule has 28 heavy (non-hydrogen) atoms. The minimum Gasteiger partial charge on any atom is -0.496 e. The Morgan fingerprint density at radius 3 is 2.64 bits per heavy atom. The highest BCUT2D eigenvalue weighted by Crippen LogP contribution is 2.26. The van der Waals surface area contributed by atoms with Crippen LogP contribution in [0.3, 0.4) is 0 Å². The summed E-state index contributed by atoms with van der Waals surface area (Å²) in [5.74, 6) is 0.925. The number of benzene rings is 3. The Hall–Kier alpha value is -3.05. The Balaban J connectivity index is 1.72. The highest BCUT2D eigenvalue weighted by atomic mass is 35.5. The van der Waals surface area contributed by atoms with Crippen molar-refractivity contribution in [3.05, 3.63) is 70.7 Å². The number of hydrazone groups is 1. The number of hydrogen-bond acceptors (Lipinski definition) is 4. The highest BCUT2D eigenvalue weighted by molar-refractivity contribution is 6.30. The van der Waals surface area contributed by atoms with Gasteiger partial charge in [0.2, 0.25) is 0 Å². The van der Waals surface area contributed by atoms with Gasteiger partial charge in [0.15, 0.2) is 6.10 Å². The maximum Gasteiger partial charge on any atom is 0.280 e. The normalized spacial score (nSPS) is 12.1. The third-order valence-electron chi connectivity index (χ3n) is 4.33. The van der Waals surface area contributed by atoms with Gasteiger partial charge in [-0.15, -0.1) is 0 Å². The maximum atomic E-state index is 12.3. The van der Waals surface area contributed by atoms with E-state index in [4.69, 9.17) is 21.1 Å². The SMILES string of the molecule is COc1ccc2ccccc2c1/C=N/NC(=O)[C@H](C)Oc1ccc(Cl)cc1C. The Kier molecular flexibility index (Phi) is 6.16. The van der Waals surface area contributed by atoms with Crippen LogP contribution in [0.25, 0.3) is 10.8 Å². The van der Waals surface area contributed by atoms with Crippen molar-refractivity contribution in [3.63, 3.8) is 0 Å². The first-order valence-electron chi connectivity index (χ1n) is 8.81. The Morgan fingerprint density at radius 1 is 1.14 bits per heavy atom. The molecule has 0 aliphatic carbocycles. The van der Waals surface area contributed by atoms with E-state index in [1.165, 1.54) is 0 Å². The second-order valence-electron chi connectivity index (χ2n) is 6.31. The summed E-state index contributed by atoms with van der Waals surface area (Å²) >= 11 is 5.94. The summed E-state index contributed by atoms with van der Waals surface area (Å²) in [6.07, 6.45) is 0.866. The van der Waals surface area contributed by atoms with Gasteiger partial charge < -0.3 is 9.47 Å². The minimum atomic E-state index is -0.716. The monoisotopic (exact) mass is 396 g/mol. The van der Waals surface area contributed by atoms with Crippen molar-refractivity contribution in [3.8, 4) is 11.5 Å². The molecule has 0 aliphatic rings. The number of methoxy groups -OCH3 is 1. The number of amides is 1. The lowest BCUT2D eigenvalue weighted by Gasteiger charge is -2.15. The number of nitrogens with one attached hydrogen (secondary N) is 1. The zero-order chi connectivity index (χ0) is 20.1. The molecular weight excluding hydrogens is 376 g/mol. The van der Waals surface area contributed by atoms with Crippen LogP contribution in [-0.4, -0.2) is 25.3 Å². The molecule has 0 aromatic heterocycles. The van der Waals surface area contributed by atoms with Crippen molar-refractivity contribution in [2.75, 3.05) is 7.11 Å². The minimum absolute atomic E-state index is 0.357. The fourth-order valence-electron chi connectivity index (χ4n) is 2.83. The van der Waals surface area contributed by atoms with E-state index in [1.807, 2.05) is 43.3 Å². The Labute approximate surface area is 168 Å². The number of aryl methyl sites for hydroxylation is 1. The van der Waals surface area contributed by atoms with Gasteiger partial charge in [0, 0.05) is 10.6 Å². The molecule has 0 bridgehead atoms. The van der Waals surface area contributed by atoms with E-state index in [9.17, 15) is 4.79 Å². The van der Waals surface area contributed by atoms with Crippen LogP contribution in [-0.2, 0) is 4.79 Å². The predicted octanol–water partition coefficient (Wildman–Crippen LogP) is 4.73. The van der Waals surface area contributed by atoms with Gasteiger partial charge in [-0.05, 0) is 54.4 Å². The lowest BCUT2D eigenvalue weighted by molar-refractivity contribution is -0.127. The van der Waals surface area contributed by atoms with Crippen molar-refractivity contribution in [1.82, 2.24) is 5.43 Å². The van der Waals surface area contributed by atoms with Crippen LogP contribution >= 0.6 is 11.6 Å². The molecule has 0 fully saturated rings. The Morgan fingerprint density at radius 2 is 1.89 bits per heavy atom. The lowest BCUT2D eigenvalue weighted by Crippen LogP contribution is -2.33.